The number of para-hydroxylation sites is 1. The van der Waals surface area contributed by atoms with Crippen molar-refractivity contribution in [2.75, 3.05) is 13.2 Å². The molecule has 0 bridgehead atoms. The zero-order valence-corrected chi connectivity index (χ0v) is 17.2. The van der Waals surface area contributed by atoms with Gasteiger partial charge < -0.3 is 14.5 Å². The fourth-order valence-corrected chi connectivity index (χ4v) is 3.05. The molecule has 3 aromatic rings. The van der Waals surface area contributed by atoms with Gasteiger partial charge in [0.05, 0.1) is 29.2 Å². The molecule has 3 rings (SSSR count). The number of rotatable bonds is 7. The lowest BCUT2D eigenvalue weighted by Gasteiger charge is -2.04. The molecule has 0 aliphatic heterocycles. The van der Waals surface area contributed by atoms with Crippen molar-refractivity contribution in [3.63, 3.8) is 0 Å². The second-order valence-corrected chi connectivity index (χ2v) is 6.60. The maximum atomic E-state index is 12.6. The van der Waals surface area contributed by atoms with Crippen LogP contribution in [0.2, 0.25) is 0 Å². The summed E-state index contributed by atoms with van der Waals surface area (Å²) < 4.78 is 10.2. The van der Waals surface area contributed by atoms with Gasteiger partial charge in [0, 0.05) is 5.69 Å². The summed E-state index contributed by atoms with van der Waals surface area (Å²) in [6.45, 7) is 6.38. The highest BCUT2D eigenvalue weighted by atomic mass is 16.5. The van der Waals surface area contributed by atoms with Crippen molar-refractivity contribution in [2.24, 2.45) is 0 Å². The van der Waals surface area contributed by atoms with Crippen LogP contribution < -0.4 is 0 Å². The summed E-state index contributed by atoms with van der Waals surface area (Å²) in [6, 6.07) is 9.12. The first-order chi connectivity index (χ1) is 14.3. The van der Waals surface area contributed by atoms with Gasteiger partial charge in [0.25, 0.3) is 0 Å². The first-order valence-corrected chi connectivity index (χ1v) is 9.39. The van der Waals surface area contributed by atoms with Crippen molar-refractivity contribution < 1.29 is 23.9 Å². The number of nitrogens with zero attached hydrogens (tertiary/aromatic N) is 3. The number of aromatic nitrogens is 4. The summed E-state index contributed by atoms with van der Waals surface area (Å²) in [4.78, 5) is 41.3. The number of hydrogen-bond acceptors (Lipinski definition) is 7. The van der Waals surface area contributed by atoms with Crippen molar-refractivity contribution in [2.45, 2.75) is 27.7 Å². The normalized spacial score (nSPS) is 10.7. The molecule has 2 heterocycles. The van der Waals surface area contributed by atoms with E-state index < -0.39 is 24.3 Å². The Labute approximate surface area is 173 Å². The Balaban J connectivity index is 1.71. The highest BCUT2D eigenvalue weighted by Gasteiger charge is 2.24. The number of aryl methyl sites for hydroxylation is 2. The number of hydrogen-bond donors (Lipinski definition) is 1. The minimum Gasteiger partial charge on any atom is -0.462 e. The van der Waals surface area contributed by atoms with E-state index in [2.05, 4.69) is 15.2 Å². The molecule has 0 spiro atoms. The van der Waals surface area contributed by atoms with Gasteiger partial charge in [-0.1, -0.05) is 18.2 Å². The van der Waals surface area contributed by atoms with Crippen molar-refractivity contribution in [3.8, 4) is 5.69 Å². The van der Waals surface area contributed by atoms with Crippen LogP contribution in [-0.2, 0) is 9.47 Å². The molecular weight excluding hydrogens is 388 g/mol. The molecule has 1 N–H and O–H groups in total. The second kappa shape index (κ2) is 8.73. The van der Waals surface area contributed by atoms with Gasteiger partial charge in [0.2, 0.25) is 5.78 Å². The quantitative estimate of drug-likeness (QED) is 0.470. The number of ether oxygens (including phenoxy) is 2. The number of Topliss-reactive ketones (excluding diaryl/α,β-unsaturated/α-hetero) is 1. The van der Waals surface area contributed by atoms with Crippen LogP contribution in [0, 0.1) is 20.8 Å². The maximum absolute atomic E-state index is 12.6. The Kier molecular flexibility index (Phi) is 6.10. The van der Waals surface area contributed by atoms with Gasteiger partial charge in [-0.15, -0.1) is 5.10 Å². The van der Waals surface area contributed by atoms with Crippen LogP contribution in [0.15, 0.2) is 30.3 Å². The third-order valence-electron chi connectivity index (χ3n) is 4.49. The molecule has 0 aliphatic rings. The molecule has 0 saturated carbocycles. The minimum atomic E-state index is -0.755. The van der Waals surface area contributed by atoms with Gasteiger partial charge in [-0.25, -0.2) is 9.59 Å². The highest BCUT2D eigenvalue weighted by molar-refractivity contribution is 6.03. The summed E-state index contributed by atoms with van der Waals surface area (Å²) in [5.74, 6) is -1.73. The van der Waals surface area contributed by atoms with E-state index in [-0.39, 0.29) is 18.0 Å². The maximum Gasteiger partial charge on any atom is 0.361 e. The zero-order chi connectivity index (χ0) is 21.8. The number of benzene rings is 1. The molecule has 0 unspecified atom stereocenters. The SMILES string of the molecule is CCOC(=O)c1c(C)[nH]c(C(=O)COC(=O)c2nn(-c3ccccc3)nc2C)c1C. The smallest absolute Gasteiger partial charge is 0.361 e. The second-order valence-electron chi connectivity index (χ2n) is 6.60. The average molecular weight is 410 g/mol. The van der Waals surface area contributed by atoms with Gasteiger partial charge in [-0.05, 0) is 45.4 Å². The van der Waals surface area contributed by atoms with E-state index in [4.69, 9.17) is 9.47 Å². The van der Waals surface area contributed by atoms with Crippen LogP contribution in [0.1, 0.15) is 55.2 Å². The zero-order valence-electron chi connectivity index (χ0n) is 17.2. The van der Waals surface area contributed by atoms with Crippen molar-refractivity contribution >= 4 is 17.7 Å². The molecule has 2 aromatic heterocycles. The molecule has 0 radical (unpaired) electrons. The standard InChI is InChI=1S/C21H22N4O5/c1-5-29-20(27)17-12(2)18(22-13(17)3)16(26)11-30-21(28)19-14(4)23-25(24-19)15-9-7-6-8-10-15/h6-10,22H,5,11H2,1-4H3. The van der Waals surface area contributed by atoms with E-state index in [1.807, 2.05) is 18.2 Å². The number of carbonyl (C=O) groups is 3. The molecule has 30 heavy (non-hydrogen) atoms. The fraction of sp³-hybridized carbons (Fsp3) is 0.286. The molecular formula is C21H22N4O5. The van der Waals surface area contributed by atoms with Crippen molar-refractivity contribution in [1.29, 1.82) is 0 Å². The number of ketones is 1. The molecule has 0 fully saturated rings. The van der Waals surface area contributed by atoms with E-state index >= 15 is 0 Å². The van der Waals surface area contributed by atoms with Crippen LogP contribution in [0.4, 0.5) is 0 Å². The van der Waals surface area contributed by atoms with Crippen LogP contribution in [0.5, 0.6) is 0 Å². The summed E-state index contributed by atoms with van der Waals surface area (Å²) in [7, 11) is 0. The monoisotopic (exact) mass is 410 g/mol. The third kappa shape index (κ3) is 4.14. The van der Waals surface area contributed by atoms with Gasteiger partial charge >= 0.3 is 11.9 Å². The minimum absolute atomic E-state index is 0.0262. The lowest BCUT2D eigenvalue weighted by molar-refractivity contribution is 0.0465. The molecule has 0 aliphatic carbocycles. The molecule has 0 amide bonds. The number of H-pyrrole nitrogens is 1. The molecule has 1 aromatic carbocycles. The van der Waals surface area contributed by atoms with E-state index in [9.17, 15) is 14.4 Å². The van der Waals surface area contributed by atoms with E-state index in [0.717, 1.165) is 0 Å². The third-order valence-corrected chi connectivity index (χ3v) is 4.49. The lowest BCUT2D eigenvalue weighted by atomic mass is 10.1. The molecule has 0 saturated heterocycles. The van der Waals surface area contributed by atoms with Gasteiger partial charge in [0.1, 0.15) is 0 Å². The lowest BCUT2D eigenvalue weighted by Crippen LogP contribution is -2.16. The fourth-order valence-electron chi connectivity index (χ4n) is 3.05. The van der Waals surface area contributed by atoms with Crippen molar-refractivity contribution in [3.05, 3.63) is 64.2 Å². The Morgan fingerprint density at radius 3 is 2.37 bits per heavy atom. The number of esters is 2. The summed E-state index contributed by atoms with van der Waals surface area (Å²) >= 11 is 0. The Morgan fingerprint density at radius 2 is 1.70 bits per heavy atom. The molecule has 9 nitrogen and oxygen atoms in total. The summed E-state index contributed by atoms with van der Waals surface area (Å²) in [6.07, 6.45) is 0. The number of aromatic amines is 1. The van der Waals surface area contributed by atoms with Gasteiger partial charge in [-0.3, -0.25) is 4.79 Å². The van der Waals surface area contributed by atoms with E-state index in [1.54, 1.807) is 39.8 Å². The molecule has 9 heteroatoms. The van der Waals surface area contributed by atoms with Crippen LogP contribution in [-0.4, -0.2) is 50.9 Å². The van der Waals surface area contributed by atoms with E-state index in [0.29, 0.717) is 28.2 Å². The average Bonchev–Trinajstić information content (AvgIpc) is 3.26. The van der Waals surface area contributed by atoms with Crippen LogP contribution in [0.25, 0.3) is 5.69 Å². The van der Waals surface area contributed by atoms with Crippen LogP contribution >= 0.6 is 0 Å². The van der Waals surface area contributed by atoms with Gasteiger partial charge in [-0.2, -0.15) is 9.90 Å². The first kappa shape index (κ1) is 21.0. The summed E-state index contributed by atoms with van der Waals surface area (Å²) in [5.41, 5.74) is 2.59. The largest absolute Gasteiger partial charge is 0.462 e. The predicted molar refractivity (Wildman–Crippen MR) is 107 cm³/mol. The van der Waals surface area contributed by atoms with Crippen LogP contribution in [0.3, 0.4) is 0 Å². The van der Waals surface area contributed by atoms with E-state index in [1.165, 1.54) is 4.80 Å². The topological polar surface area (TPSA) is 116 Å². The molecule has 0 atom stereocenters. The predicted octanol–water partition coefficient (Wildman–Crippen LogP) is 2.74. The van der Waals surface area contributed by atoms with Crippen molar-refractivity contribution in [1.82, 2.24) is 20.0 Å². The summed E-state index contributed by atoms with van der Waals surface area (Å²) in [5, 5.41) is 8.38. The number of carbonyl (C=O) groups excluding carboxylic acids is 3. The Bertz CT molecular complexity index is 1100. The Hall–Kier alpha value is -3.75. The van der Waals surface area contributed by atoms with Gasteiger partial charge in [0.15, 0.2) is 12.3 Å². The Morgan fingerprint density at radius 1 is 1.00 bits per heavy atom. The highest BCUT2D eigenvalue weighted by Crippen LogP contribution is 2.20. The molecule has 156 valence electrons. The number of nitrogens with one attached hydrogen (secondary N) is 1. The first-order valence-electron chi connectivity index (χ1n) is 9.39.